The summed E-state index contributed by atoms with van der Waals surface area (Å²) >= 11 is 3.33. The maximum absolute atomic E-state index is 11.1. The van der Waals surface area contributed by atoms with Crippen LogP contribution in [0.25, 0.3) is 0 Å². The number of halogens is 1. The first-order chi connectivity index (χ1) is 6.31. The van der Waals surface area contributed by atoms with Gasteiger partial charge in [0.05, 0.1) is 6.20 Å². The molecule has 0 unspecified atom stereocenters. The minimum absolute atomic E-state index is 0.0171. The quantitative estimate of drug-likeness (QED) is 0.848. The van der Waals surface area contributed by atoms with Gasteiger partial charge >= 0.3 is 0 Å². The highest BCUT2D eigenvalue weighted by Crippen LogP contribution is 2.19. The van der Waals surface area contributed by atoms with E-state index >= 15 is 0 Å². The second kappa shape index (κ2) is 4.02. The number of hydrogen-bond donors (Lipinski definition) is 0. The average molecular weight is 281 g/mol. The van der Waals surface area contributed by atoms with E-state index in [0.29, 0.717) is 5.82 Å². The molecular weight excluding hydrogens is 268 g/mol. The topological polar surface area (TPSA) is 52.0 Å². The number of hydrogen-bond acceptors (Lipinski definition) is 3. The van der Waals surface area contributed by atoms with Crippen molar-refractivity contribution in [2.24, 2.45) is 0 Å². The Kier molecular flexibility index (Phi) is 3.36. The molecule has 0 aliphatic rings. The summed E-state index contributed by atoms with van der Waals surface area (Å²) in [7, 11) is -3.02. The van der Waals surface area contributed by atoms with Crippen LogP contribution in [-0.4, -0.2) is 24.2 Å². The van der Waals surface area contributed by atoms with Gasteiger partial charge in [0.25, 0.3) is 0 Å². The van der Waals surface area contributed by atoms with Crippen molar-refractivity contribution < 1.29 is 8.42 Å². The zero-order chi connectivity index (χ0) is 10.9. The summed E-state index contributed by atoms with van der Waals surface area (Å²) in [6.07, 6.45) is 2.83. The maximum atomic E-state index is 11.1. The standard InChI is InChI=1S/C8H13BrN2O2S/c1-6(2)11-7(9)4-10-8(11)5-14(3,12)13/h4,6H,5H2,1-3H3. The second-order valence-corrected chi connectivity index (χ2v) is 6.48. The van der Waals surface area contributed by atoms with Gasteiger partial charge in [0.1, 0.15) is 16.2 Å². The number of aromatic nitrogens is 2. The molecule has 0 radical (unpaired) electrons. The Labute approximate surface area is 92.4 Å². The Balaban J connectivity index is 3.10. The predicted molar refractivity (Wildman–Crippen MR) is 58.9 cm³/mol. The lowest BCUT2D eigenvalue weighted by Gasteiger charge is -2.12. The van der Waals surface area contributed by atoms with Gasteiger partial charge in [0.2, 0.25) is 0 Å². The number of rotatable bonds is 3. The summed E-state index contributed by atoms with van der Waals surface area (Å²) in [6, 6.07) is 0.198. The Hall–Kier alpha value is -0.360. The third kappa shape index (κ3) is 2.81. The Bertz CT molecular complexity index is 423. The molecule has 0 atom stereocenters. The molecule has 14 heavy (non-hydrogen) atoms. The third-order valence-electron chi connectivity index (χ3n) is 1.74. The van der Waals surface area contributed by atoms with Crippen LogP contribution in [0.1, 0.15) is 25.7 Å². The lowest BCUT2D eigenvalue weighted by molar-refractivity contribution is 0.561. The van der Waals surface area contributed by atoms with Gasteiger partial charge in [0, 0.05) is 12.3 Å². The van der Waals surface area contributed by atoms with Gasteiger partial charge in [-0.25, -0.2) is 13.4 Å². The Morgan fingerprint density at radius 1 is 1.57 bits per heavy atom. The van der Waals surface area contributed by atoms with Gasteiger partial charge in [0.15, 0.2) is 9.84 Å². The number of nitrogens with zero attached hydrogens (tertiary/aromatic N) is 2. The molecule has 0 spiro atoms. The fraction of sp³-hybridized carbons (Fsp3) is 0.625. The first-order valence-electron chi connectivity index (χ1n) is 4.20. The normalized spacial score (nSPS) is 12.4. The molecule has 0 bridgehead atoms. The highest BCUT2D eigenvalue weighted by molar-refractivity contribution is 9.10. The summed E-state index contributed by atoms with van der Waals surface area (Å²) in [4.78, 5) is 4.06. The molecule has 0 amide bonds. The van der Waals surface area contributed by atoms with Crippen LogP contribution in [0.4, 0.5) is 0 Å². The molecule has 0 aromatic carbocycles. The van der Waals surface area contributed by atoms with Crippen LogP contribution < -0.4 is 0 Å². The minimum Gasteiger partial charge on any atom is -0.319 e. The smallest absolute Gasteiger partial charge is 0.154 e. The first kappa shape index (κ1) is 11.7. The van der Waals surface area contributed by atoms with E-state index in [1.807, 2.05) is 18.4 Å². The molecule has 6 heteroatoms. The van der Waals surface area contributed by atoms with Crippen LogP contribution >= 0.6 is 15.9 Å². The van der Waals surface area contributed by atoms with Crippen LogP contribution in [0.5, 0.6) is 0 Å². The van der Waals surface area contributed by atoms with E-state index in [4.69, 9.17) is 0 Å². The van der Waals surface area contributed by atoms with E-state index in [-0.39, 0.29) is 11.8 Å². The van der Waals surface area contributed by atoms with Gasteiger partial charge < -0.3 is 4.57 Å². The van der Waals surface area contributed by atoms with Gasteiger partial charge in [-0.3, -0.25) is 0 Å². The zero-order valence-corrected chi connectivity index (χ0v) is 10.8. The highest BCUT2D eigenvalue weighted by atomic mass is 79.9. The molecule has 1 rings (SSSR count). The Morgan fingerprint density at radius 3 is 2.57 bits per heavy atom. The van der Waals surface area contributed by atoms with Crippen LogP contribution in [0.2, 0.25) is 0 Å². The number of sulfone groups is 1. The molecule has 1 aromatic rings. The minimum atomic E-state index is -3.02. The van der Waals surface area contributed by atoms with E-state index in [9.17, 15) is 8.42 Å². The molecule has 0 aliphatic carbocycles. The van der Waals surface area contributed by atoms with E-state index in [1.54, 1.807) is 6.20 Å². The molecule has 0 saturated carbocycles. The van der Waals surface area contributed by atoms with Crippen LogP contribution in [0.3, 0.4) is 0 Å². The molecule has 0 saturated heterocycles. The second-order valence-electron chi connectivity index (χ2n) is 3.53. The third-order valence-corrected chi connectivity index (χ3v) is 3.11. The van der Waals surface area contributed by atoms with Crippen molar-refractivity contribution in [1.82, 2.24) is 9.55 Å². The summed E-state index contributed by atoms with van der Waals surface area (Å²) < 4.78 is 24.9. The van der Waals surface area contributed by atoms with Crippen LogP contribution in [-0.2, 0) is 15.6 Å². The molecule has 0 aliphatic heterocycles. The van der Waals surface area contributed by atoms with Crippen molar-refractivity contribution in [3.63, 3.8) is 0 Å². The van der Waals surface area contributed by atoms with Crippen molar-refractivity contribution >= 4 is 25.8 Å². The fourth-order valence-electron chi connectivity index (χ4n) is 1.26. The fourth-order valence-corrected chi connectivity index (χ4v) is 2.66. The van der Waals surface area contributed by atoms with Gasteiger partial charge in [-0.15, -0.1) is 0 Å². The number of imidazole rings is 1. The van der Waals surface area contributed by atoms with E-state index in [1.165, 1.54) is 6.26 Å². The summed E-state index contributed by atoms with van der Waals surface area (Å²) in [5.41, 5.74) is 0. The van der Waals surface area contributed by atoms with Crippen LogP contribution in [0.15, 0.2) is 10.8 Å². The van der Waals surface area contributed by atoms with E-state index in [0.717, 1.165) is 4.60 Å². The molecule has 0 N–H and O–H groups in total. The van der Waals surface area contributed by atoms with Gasteiger partial charge in [-0.2, -0.15) is 0 Å². The molecular formula is C8H13BrN2O2S. The van der Waals surface area contributed by atoms with Crippen molar-refractivity contribution in [1.29, 1.82) is 0 Å². The summed E-state index contributed by atoms with van der Waals surface area (Å²) in [5.74, 6) is 0.561. The van der Waals surface area contributed by atoms with Gasteiger partial charge in [-0.05, 0) is 29.8 Å². The zero-order valence-electron chi connectivity index (χ0n) is 8.36. The first-order valence-corrected chi connectivity index (χ1v) is 7.06. The summed E-state index contributed by atoms with van der Waals surface area (Å²) in [6.45, 7) is 3.97. The van der Waals surface area contributed by atoms with Crippen molar-refractivity contribution in [3.8, 4) is 0 Å². The molecule has 4 nitrogen and oxygen atoms in total. The molecule has 80 valence electrons. The lowest BCUT2D eigenvalue weighted by atomic mass is 10.4. The monoisotopic (exact) mass is 280 g/mol. The van der Waals surface area contributed by atoms with E-state index < -0.39 is 9.84 Å². The average Bonchev–Trinajstić information content (AvgIpc) is 2.27. The predicted octanol–water partition coefficient (Wildman–Crippen LogP) is 1.77. The molecule has 1 aromatic heterocycles. The van der Waals surface area contributed by atoms with Crippen molar-refractivity contribution in [3.05, 3.63) is 16.6 Å². The molecule has 0 fully saturated rings. The Morgan fingerprint density at radius 2 is 2.14 bits per heavy atom. The van der Waals surface area contributed by atoms with Crippen molar-refractivity contribution in [2.75, 3.05) is 6.26 Å². The van der Waals surface area contributed by atoms with Crippen LogP contribution in [0, 0.1) is 0 Å². The highest BCUT2D eigenvalue weighted by Gasteiger charge is 2.15. The molecule has 1 heterocycles. The summed E-state index contributed by atoms with van der Waals surface area (Å²) in [5, 5.41) is 0. The lowest BCUT2D eigenvalue weighted by Crippen LogP contribution is -2.11. The SMILES string of the molecule is CC(C)n1c(Br)cnc1CS(C)(=O)=O. The largest absolute Gasteiger partial charge is 0.319 e. The van der Waals surface area contributed by atoms with Crippen molar-refractivity contribution in [2.45, 2.75) is 25.6 Å². The van der Waals surface area contributed by atoms with E-state index in [2.05, 4.69) is 20.9 Å². The maximum Gasteiger partial charge on any atom is 0.154 e. The van der Waals surface area contributed by atoms with Gasteiger partial charge in [-0.1, -0.05) is 0 Å².